The summed E-state index contributed by atoms with van der Waals surface area (Å²) in [7, 11) is 0. The summed E-state index contributed by atoms with van der Waals surface area (Å²) in [5.41, 5.74) is 2.09. The number of nitrogens with one attached hydrogen (secondary N) is 2. The van der Waals surface area contributed by atoms with Gasteiger partial charge in [-0.25, -0.2) is 4.79 Å². The number of rotatable bonds is 4. The number of hydrogen-bond acceptors (Lipinski definition) is 3. The monoisotopic (exact) mass is 234 g/mol. The van der Waals surface area contributed by atoms with Gasteiger partial charge in [0, 0.05) is 18.3 Å². The van der Waals surface area contributed by atoms with E-state index in [0.717, 1.165) is 24.3 Å². The van der Waals surface area contributed by atoms with Crippen LogP contribution in [-0.2, 0) is 0 Å². The van der Waals surface area contributed by atoms with Gasteiger partial charge in [-0.15, -0.1) is 0 Å². The minimum Gasteiger partial charge on any atom is -0.478 e. The van der Waals surface area contributed by atoms with Crippen molar-refractivity contribution in [2.24, 2.45) is 0 Å². The number of benzene rings is 1. The van der Waals surface area contributed by atoms with Crippen LogP contribution in [0.4, 0.5) is 5.69 Å². The average molecular weight is 234 g/mol. The summed E-state index contributed by atoms with van der Waals surface area (Å²) < 4.78 is 0. The number of carboxylic acid groups (broad SMARTS) is 1. The lowest BCUT2D eigenvalue weighted by atomic mass is 10.1. The molecule has 2 rings (SSSR count). The molecule has 3 N–H and O–H groups in total. The molecule has 0 bridgehead atoms. The number of aromatic carboxylic acids is 1. The summed E-state index contributed by atoms with van der Waals surface area (Å²) >= 11 is 0. The second-order valence-electron chi connectivity index (χ2n) is 4.46. The van der Waals surface area contributed by atoms with E-state index in [0.29, 0.717) is 11.6 Å². The van der Waals surface area contributed by atoms with E-state index >= 15 is 0 Å². The van der Waals surface area contributed by atoms with Gasteiger partial charge in [-0.05, 0) is 44.0 Å². The third-order valence-electron chi connectivity index (χ3n) is 3.27. The predicted octanol–water partition coefficient (Wildman–Crippen LogP) is 1.86. The van der Waals surface area contributed by atoms with E-state index < -0.39 is 5.97 Å². The molecule has 1 aromatic rings. The van der Waals surface area contributed by atoms with Crippen molar-refractivity contribution in [1.29, 1.82) is 0 Å². The number of carbonyl (C=O) groups is 1. The maximum Gasteiger partial charge on any atom is 0.336 e. The van der Waals surface area contributed by atoms with Crippen LogP contribution in [0.25, 0.3) is 0 Å². The van der Waals surface area contributed by atoms with Crippen molar-refractivity contribution in [3.63, 3.8) is 0 Å². The molecule has 17 heavy (non-hydrogen) atoms. The molecule has 4 nitrogen and oxygen atoms in total. The Hall–Kier alpha value is -1.55. The molecule has 0 radical (unpaired) electrons. The smallest absolute Gasteiger partial charge is 0.336 e. The molecule has 1 heterocycles. The molecular formula is C13H18N2O2. The molecule has 1 fully saturated rings. The van der Waals surface area contributed by atoms with Gasteiger partial charge in [0.1, 0.15) is 0 Å². The van der Waals surface area contributed by atoms with E-state index in [4.69, 9.17) is 5.11 Å². The fourth-order valence-electron chi connectivity index (χ4n) is 2.22. The summed E-state index contributed by atoms with van der Waals surface area (Å²) in [5.74, 6) is -0.870. The highest BCUT2D eigenvalue weighted by molar-refractivity contribution is 5.91. The quantitative estimate of drug-likeness (QED) is 0.744. The maximum absolute atomic E-state index is 11.0. The molecule has 1 saturated heterocycles. The second kappa shape index (κ2) is 5.19. The van der Waals surface area contributed by atoms with E-state index in [9.17, 15) is 4.79 Å². The van der Waals surface area contributed by atoms with Crippen molar-refractivity contribution in [2.75, 3.05) is 18.4 Å². The third-order valence-corrected chi connectivity index (χ3v) is 3.27. The summed E-state index contributed by atoms with van der Waals surface area (Å²) in [6.07, 6.45) is 2.41. The Morgan fingerprint density at radius 1 is 1.59 bits per heavy atom. The third kappa shape index (κ3) is 2.77. The van der Waals surface area contributed by atoms with Crippen LogP contribution in [0.3, 0.4) is 0 Å². The minimum atomic E-state index is -0.870. The molecule has 92 valence electrons. The summed E-state index contributed by atoms with van der Waals surface area (Å²) in [5, 5.41) is 15.8. The second-order valence-corrected chi connectivity index (χ2v) is 4.46. The Morgan fingerprint density at radius 2 is 2.41 bits per heavy atom. The van der Waals surface area contributed by atoms with E-state index in [1.165, 1.54) is 12.8 Å². The molecule has 1 aliphatic heterocycles. The maximum atomic E-state index is 11.0. The Kier molecular flexibility index (Phi) is 3.64. The highest BCUT2D eigenvalue weighted by Crippen LogP contribution is 2.19. The van der Waals surface area contributed by atoms with Gasteiger partial charge in [0.05, 0.1) is 5.56 Å². The molecule has 1 aromatic carbocycles. The van der Waals surface area contributed by atoms with Crippen LogP contribution in [-0.4, -0.2) is 30.2 Å². The molecule has 0 aromatic heterocycles. The molecule has 0 amide bonds. The van der Waals surface area contributed by atoms with E-state index in [1.54, 1.807) is 12.1 Å². The van der Waals surface area contributed by atoms with Gasteiger partial charge >= 0.3 is 5.97 Å². The van der Waals surface area contributed by atoms with Gasteiger partial charge in [-0.2, -0.15) is 0 Å². The first-order valence-corrected chi connectivity index (χ1v) is 5.98. The first-order chi connectivity index (χ1) is 8.18. The number of anilines is 1. The van der Waals surface area contributed by atoms with Crippen molar-refractivity contribution in [3.05, 3.63) is 29.3 Å². The molecule has 4 heteroatoms. The van der Waals surface area contributed by atoms with Crippen LogP contribution < -0.4 is 10.6 Å². The van der Waals surface area contributed by atoms with Gasteiger partial charge < -0.3 is 15.7 Å². The zero-order valence-electron chi connectivity index (χ0n) is 9.99. The van der Waals surface area contributed by atoms with Gasteiger partial charge in [-0.3, -0.25) is 0 Å². The Labute approximate surface area is 101 Å². The van der Waals surface area contributed by atoms with Crippen LogP contribution in [0.1, 0.15) is 28.8 Å². The molecule has 1 aliphatic rings. The largest absolute Gasteiger partial charge is 0.478 e. The van der Waals surface area contributed by atoms with Crippen LogP contribution in [0.2, 0.25) is 0 Å². The Morgan fingerprint density at radius 3 is 3.06 bits per heavy atom. The van der Waals surface area contributed by atoms with Crippen molar-refractivity contribution in [1.82, 2.24) is 5.32 Å². The summed E-state index contributed by atoms with van der Waals surface area (Å²) in [6, 6.07) is 5.84. The van der Waals surface area contributed by atoms with Gasteiger partial charge in [-0.1, -0.05) is 6.07 Å². The van der Waals surface area contributed by atoms with E-state index in [2.05, 4.69) is 10.6 Å². The lowest BCUT2D eigenvalue weighted by molar-refractivity contribution is 0.0696. The average Bonchev–Trinajstić information content (AvgIpc) is 2.80. The predicted molar refractivity (Wildman–Crippen MR) is 67.7 cm³/mol. The molecule has 0 spiro atoms. The van der Waals surface area contributed by atoms with Gasteiger partial charge in [0.2, 0.25) is 0 Å². The molecule has 1 atom stereocenters. The normalized spacial score (nSPS) is 19.2. The topological polar surface area (TPSA) is 61.4 Å². The van der Waals surface area contributed by atoms with Crippen LogP contribution >= 0.6 is 0 Å². The summed E-state index contributed by atoms with van der Waals surface area (Å²) in [4.78, 5) is 11.0. The number of carboxylic acids is 1. The highest BCUT2D eigenvalue weighted by Gasteiger charge is 2.15. The van der Waals surface area contributed by atoms with Crippen molar-refractivity contribution >= 4 is 11.7 Å². The minimum absolute atomic E-state index is 0.370. The van der Waals surface area contributed by atoms with Crippen LogP contribution in [0.15, 0.2) is 18.2 Å². The van der Waals surface area contributed by atoms with Crippen molar-refractivity contribution < 1.29 is 9.90 Å². The first kappa shape index (κ1) is 11.9. The van der Waals surface area contributed by atoms with Crippen LogP contribution in [0, 0.1) is 6.92 Å². The van der Waals surface area contributed by atoms with Crippen molar-refractivity contribution in [3.8, 4) is 0 Å². The SMILES string of the molecule is Cc1c(NCC2CCCN2)cccc1C(=O)O. The lowest BCUT2D eigenvalue weighted by Gasteiger charge is -2.15. The highest BCUT2D eigenvalue weighted by atomic mass is 16.4. The number of hydrogen-bond donors (Lipinski definition) is 3. The Balaban J connectivity index is 2.04. The van der Waals surface area contributed by atoms with Crippen LogP contribution in [0.5, 0.6) is 0 Å². The molecule has 0 aliphatic carbocycles. The zero-order chi connectivity index (χ0) is 12.3. The van der Waals surface area contributed by atoms with E-state index in [-0.39, 0.29) is 0 Å². The van der Waals surface area contributed by atoms with Gasteiger partial charge in [0.25, 0.3) is 0 Å². The summed E-state index contributed by atoms with van der Waals surface area (Å²) in [6.45, 7) is 3.78. The van der Waals surface area contributed by atoms with Gasteiger partial charge in [0.15, 0.2) is 0 Å². The molecule has 1 unspecified atom stereocenters. The lowest BCUT2D eigenvalue weighted by Crippen LogP contribution is -2.29. The fourth-order valence-corrected chi connectivity index (χ4v) is 2.22. The standard InChI is InChI=1S/C13H18N2O2/c1-9-11(13(16)17)5-2-6-12(9)15-8-10-4-3-7-14-10/h2,5-6,10,14-15H,3-4,7-8H2,1H3,(H,16,17). The molecule has 0 saturated carbocycles. The molecular weight excluding hydrogens is 216 g/mol. The van der Waals surface area contributed by atoms with E-state index in [1.807, 2.05) is 13.0 Å². The fraction of sp³-hybridized carbons (Fsp3) is 0.462. The first-order valence-electron chi connectivity index (χ1n) is 5.98. The van der Waals surface area contributed by atoms with Crippen molar-refractivity contribution in [2.45, 2.75) is 25.8 Å². The Bertz CT molecular complexity index is 412. The zero-order valence-corrected chi connectivity index (χ0v) is 9.99.